The highest BCUT2D eigenvalue weighted by molar-refractivity contribution is 7.88. The molecule has 1 fully saturated rings. The van der Waals surface area contributed by atoms with E-state index in [9.17, 15) is 13.2 Å². The number of nitrogens with zero attached hydrogens (tertiary/aromatic N) is 4. The van der Waals surface area contributed by atoms with Crippen LogP contribution in [-0.4, -0.2) is 58.1 Å². The predicted octanol–water partition coefficient (Wildman–Crippen LogP) is -1.13. The summed E-state index contributed by atoms with van der Waals surface area (Å²) in [5.41, 5.74) is -0.107. The molecule has 1 saturated heterocycles. The largest absolute Gasteiger partial charge is 0.476 e. The Labute approximate surface area is 97.9 Å². The fraction of sp³-hybridized carbons (Fsp3) is 0.625. The SMILES string of the molecule is CS(=O)(=O)N1CC(Cn2cc(C(=O)O)nn2)C1. The first kappa shape index (κ1) is 12.0. The standard InChI is InChI=1S/C8H12N4O4S/c1-17(15,16)12-3-6(4-12)2-11-5-7(8(13)14)9-10-11/h5-6H,2-4H2,1H3,(H,13,14). The molecule has 1 aromatic heterocycles. The Morgan fingerprint density at radius 2 is 2.24 bits per heavy atom. The zero-order valence-electron chi connectivity index (χ0n) is 9.15. The van der Waals surface area contributed by atoms with Gasteiger partial charge in [-0.15, -0.1) is 5.10 Å². The summed E-state index contributed by atoms with van der Waals surface area (Å²) in [6.45, 7) is 1.37. The smallest absolute Gasteiger partial charge is 0.358 e. The highest BCUT2D eigenvalue weighted by atomic mass is 32.2. The van der Waals surface area contributed by atoms with Gasteiger partial charge >= 0.3 is 5.97 Å². The van der Waals surface area contributed by atoms with Crippen molar-refractivity contribution in [1.82, 2.24) is 19.3 Å². The molecule has 1 aliphatic heterocycles. The van der Waals surface area contributed by atoms with Gasteiger partial charge in [0.1, 0.15) is 0 Å². The fourth-order valence-corrected chi connectivity index (χ4v) is 2.62. The maximum Gasteiger partial charge on any atom is 0.358 e. The van der Waals surface area contributed by atoms with E-state index in [1.165, 1.54) is 21.4 Å². The average Bonchev–Trinajstić information content (AvgIpc) is 2.56. The molecule has 0 amide bonds. The summed E-state index contributed by atoms with van der Waals surface area (Å²) in [4.78, 5) is 10.6. The second kappa shape index (κ2) is 4.08. The van der Waals surface area contributed by atoms with Crippen LogP contribution in [0.15, 0.2) is 6.20 Å². The molecule has 2 heterocycles. The zero-order valence-corrected chi connectivity index (χ0v) is 9.96. The molecule has 0 aromatic carbocycles. The van der Waals surface area contributed by atoms with E-state index in [2.05, 4.69) is 10.3 Å². The summed E-state index contributed by atoms with van der Waals surface area (Å²) >= 11 is 0. The lowest BCUT2D eigenvalue weighted by Gasteiger charge is -2.36. The van der Waals surface area contributed by atoms with Crippen LogP contribution in [0.3, 0.4) is 0 Å². The van der Waals surface area contributed by atoms with Gasteiger partial charge in [0.25, 0.3) is 0 Å². The Morgan fingerprint density at radius 3 is 2.71 bits per heavy atom. The second-order valence-corrected chi connectivity index (χ2v) is 6.06. The van der Waals surface area contributed by atoms with Crippen LogP contribution < -0.4 is 0 Å². The minimum Gasteiger partial charge on any atom is -0.476 e. The predicted molar refractivity (Wildman–Crippen MR) is 56.9 cm³/mol. The Bertz CT molecular complexity index is 531. The van der Waals surface area contributed by atoms with Crippen LogP contribution >= 0.6 is 0 Å². The topological polar surface area (TPSA) is 105 Å². The Morgan fingerprint density at radius 1 is 1.59 bits per heavy atom. The van der Waals surface area contributed by atoms with Gasteiger partial charge in [0, 0.05) is 25.6 Å². The van der Waals surface area contributed by atoms with Crippen molar-refractivity contribution in [1.29, 1.82) is 0 Å². The van der Waals surface area contributed by atoms with Crippen LogP contribution in [0.2, 0.25) is 0 Å². The van der Waals surface area contributed by atoms with Crippen LogP contribution in [0.5, 0.6) is 0 Å². The van der Waals surface area contributed by atoms with Crippen molar-refractivity contribution in [3.8, 4) is 0 Å². The molecule has 94 valence electrons. The minimum absolute atomic E-state index is 0.107. The number of aromatic carboxylic acids is 1. The first-order valence-corrected chi connectivity index (χ1v) is 6.79. The lowest BCUT2D eigenvalue weighted by atomic mass is 10.0. The Hall–Kier alpha value is -1.48. The van der Waals surface area contributed by atoms with Crippen LogP contribution in [-0.2, 0) is 16.6 Å². The van der Waals surface area contributed by atoms with Gasteiger partial charge in [-0.05, 0) is 0 Å². The fourth-order valence-electron chi connectivity index (χ4n) is 1.66. The molecule has 0 spiro atoms. The van der Waals surface area contributed by atoms with E-state index in [4.69, 9.17) is 5.11 Å². The molecular formula is C8H12N4O4S. The Balaban J connectivity index is 1.90. The van der Waals surface area contributed by atoms with Crippen molar-refractivity contribution >= 4 is 16.0 Å². The number of sulfonamides is 1. The molecule has 2 rings (SSSR count). The third-order valence-electron chi connectivity index (χ3n) is 2.60. The highest BCUT2D eigenvalue weighted by Gasteiger charge is 2.33. The summed E-state index contributed by atoms with van der Waals surface area (Å²) in [7, 11) is -3.11. The molecule has 17 heavy (non-hydrogen) atoms. The van der Waals surface area contributed by atoms with Gasteiger partial charge in [0.2, 0.25) is 10.0 Å². The minimum atomic E-state index is -3.11. The van der Waals surface area contributed by atoms with Gasteiger partial charge in [-0.3, -0.25) is 4.68 Å². The maximum absolute atomic E-state index is 11.1. The molecule has 1 aromatic rings. The Kier molecular flexibility index (Phi) is 2.87. The first-order chi connectivity index (χ1) is 7.86. The number of carboxylic acids is 1. The summed E-state index contributed by atoms with van der Waals surface area (Å²) < 4.78 is 25.0. The summed E-state index contributed by atoms with van der Waals surface area (Å²) in [5.74, 6) is -0.962. The van der Waals surface area contributed by atoms with Crippen LogP contribution in [0.1, 0.15) is 10.5 Å². The third kappa shape index (κ3) is 2.61. The van der Waals surface area contributed by atoms with Crippen LogP contribution in [0.25, 0.3) is 0 Å². The van der Waals surface area contributed by atoms with Crippen molar-refractivity contribution in [3.05, 3.63) is 11.9 Å². The summed E-state index contributed by atoms with van der Waals surface area (Å²) in [5, 5.41) is 15.8. The molecule has 1 aliphatic rings. The second-order valence-electron chi connectivity index (χ2n) is 4.08. The van der Waals surface area contributed by atoms with Gasteiger partial charge in [0.05, 0.1) is 12.5 Å². The van der Waals surface area contributed by atoms with Gasteiger partial charge < -0.3 is 5.11 Å². The molecule has 9 heteroatoms. The van der Waals surface area contributed by atoms with E-state index in [-0.39, 0.29) is 11.6 Å². The quantitative estimate of drug-likeness (QED) is 0.734. The van der Waals surface area contributed by atoms with Gasteiger partial charge in [-0.1, -0.05) is 5.21 Å². The number of hydrogen-bond acceptors (Lipinski definition) is 5. The van der Waals surface area contributed by atoms with E-state index in [1.807, 2.05) is 0 Å². The monoisotopic (exact) mass is 260 g/mol. The summed E-state index contributed by atoms with van der Waals surface area (Å²) in [6, 6.07) is 0. The molecule has 0 saturated carbocycles. The van der Waals surface area contributed by atoms with Gasteiger partial charge in [-0.25, -0.2) is 17.5 Å². The lowest BCUT2D eigenvalue weighted by Crippen LogP contribution is -2.50. The van der Waals surface area contributed by atoms with E-state index >= 15 is 0 Å². The normalized spacial score (nSPS) is 17.9. The van der Waals surface area contributed by atoms with Crippen molar-refractivity contribution in [3.63, 3.8) is 0 Å². The number of carbonyl (C=O) groups is 1. The third-order valence-corrected chi connectivity index (χ3v) is 3.83. The van der Waals surface area contributed by atoms with Gasteiger partial charge in [-0.2, -0.15) is 0 Å². The molecule has 1 N–H and O–H groups in total. The molecule has 0 unspecified atom stereocenters. The number of aromatic nitrogens is 3. The summed E-state index contributed by atoms with van der Waals surface area (Å²) in [6.07, 6.45) is 2.51. The number of rotatable bonds is 4. The maximum atomic E-state index is 11.1. The molecule has 0 atom stereocenters. The number of hydrogen-bond donors (Lipinski definition) is 1. The van der Waals surface area contributed by atoms with Crippen molar-refractivity contribution in [2.75, 3.05) is 19.3 Å². The van der Waals surface area contributed by atoms with E-state index in [0.29, 0.717) is 19.6 Å². The molecule has 8 nitrogen and oxygen atoms in total. The molecular weight excluding hydrogens is 248 g/mol. The number of carboxylic acid groups (broad SMARTS) is 1. The zero-order chi connectivity index (χ0) is 12.6. The van der Waals surface area contributed by atoms with E-state index < -0.39 is 16.0 Å². The first-order valence-electron chi connectivity index (χ1n) is 4.95. The van der Waals surface area contributed by atoms with E-state index in [1.54, 1.807) is 0 Å². The molecule has 0 aliphatic carbocycles. The van der Waals surface area contributed by atoms with Crippen molar-refractivity contribution in [2.45, 2.75) is 6.54 Å². The highest BCUT2D eigenvalue weighted by Crippen LogP contribution is 2.19. The van der Waals surface area contributed by atoms with E-state index in [0.717, 1.165) is 0 Å². The molecule has 0 radical (unpaired) electrons. The van der Waals surface area contributed by atoms with Crippen LogP contribution in [0, 0.1) is 5.92 Å². The average molecular weight is 260 g/mol. The van der Waals surface area contributed by atoms with Gasteiger partial charge in [0.15, 0.2) is 5.69 Å². The van der Waals surface area contributed by atoms with Crippen molar-refractivity contribution in [2.24, 2.45) is 5.92 Å². The lowest BCUT2D eigenvalue weighted by molar-refractivity contribution is 0.0690. The van der Waals surface area contributed by atoms with Crippen LogP contribution in [0.4, 0.5) is 0 Å². The molecule has 0 bridgehead atoms. The van der Waals surface area contributed by atoms with Crippen molar-refractivity contribution < 1.29 is 18.3 Å².